The number of rotatable bonds is 7. The number of carbonyl (C=O) groups is 1. The van der Waals surface area contributed by atoms with Crippen LogP contribution in [0.15, 0.2) is 72.0 Å². The van der Waals surface area contributed by atoms with Gasteiger partial charge in [-0.15, -0.1) is 0 Å². The highest BCUT2D eigenvalue weighted by Gasteiger charge is 2.36. The van der Waals surface area contributed by atoms with Gasteiger partial charge in [-0.25, -0.2) is 13.4 Å². The van der Waals surface area contributed by atoms with Gasteiger partial charge < -0.3 is 14.7 Å². The first-order valence-corrected chi connectivity index (χ1v) is 13.2. The van der Waals surface area contributed by atoms with E-state index in [9.17, 15) is 18.3 Å². The van der Waals surface area contributed by atoms with Gasteiger partial charge in [-0.3, -0.25) is 9.78 Å². The maximum Gasteiger partial charge on any atom is 0.259 e. The number of benzene rings is 1. The summed E-state index contributed by atoms with van der Waals surface area (Å²) in [6.45, 7) is 3.80. The van der Waals surface area contributed by atoms with Gasteiger partial charge in [0.1, 0.15) is 11.7 Å². The second kappa shape index (κ2) is 10.7. The number of pyridine rings is 2. The molecule has 1 N–H and O–H groups in total. The van der Waals surface area contributed by atoms with Crippen molar-refractivity contribution >= 4 is 15.9 Å². The number of amides is 1. The van der Waals surface area contributed by atoms with Crippen LogP contribution in [0.5, 0.6) is 5.88 Å². The molecule has 10 heteroatoms. The number of fused-ring (bicyclic) bond motifs is 1. The maximum atomic E-state index is 13.6. The minimum Gasteiger partial charge on any atom is -0.472 e. The minimum atomic E-state index is -3.74. The van der Waals surface area contributed by atoms with E-state index in [2.05, 4.69) is 9.97 Å². The average molecular weight is 511 g/mol. The molecule has 0 bridgehead atoms. The van der Waals surface area contributed by atoms with Gasteiger partial charge in [0.15, 0.2) is 0 Å². The van der Waals surface area contributed by atoms with Gasteiger partial charge in [-0.1, -0.05) is 25.1 Å². The van der Waals surface area contributed by atoms with Gasteiger partial charge in [0, 0.05) is 43.7 Å². The number of aromatic nitrogens is 2. The van der Waals surface area contributed by atoms with Crippen LogP contribution in [0, 0.1) is 5.92 Å². The topological polar surface area (TPSA) is 113 Å². The van der Waals surface area contributed by atoms with Crippen molar-refractivity contribution in [2.24, 2.45) is 5.92 Å². The molecule has 1 amide bonds. The van der Waals surface area contributed by atoms with Gasteiger partial charge in [-0.2, -0.15) is 4.31 Å². The molecule has 3 heterocycles. The Morgan fingerprint density at radius 2 is 1.86 bits per heavy atom. The lowest BCUT2D eigenvalue weighted by atomic mass is 9.99. The van der Waals surface area contributed by atoms with Crippen LogP contribution in [0.4, 0.5) is 0 Å². The number of aliphatic hydroxyl groups is 1. The summed E-state index contributed by atoms with van der Waals surface area (Å²) < 4.78 is 33.8. The van der Waals surface area contributed by atoms with Crippen molar-refractivity contribution in [3.05, 3.63) is 72.7 Å². The van der Waals surface area contributed by atoms with Gasteiger partial charge in [0.2, 0.25) is 15.9 Å². The Kier molecular flexibility index (Phi) is 7.67. The van der Waals surface area contributed by atoms with E-state index in [0.717, 1.165) is 11.1 Å². The van der Waals surface area contributed by atoms with Crippen LogP contribution in [0.2, 0.25) is 0 Å². The molecular formula is C26H30N4O5S. The number of hydrogen-bond donors (Lipinski definition) is 1. The SMILES string of the molecule is C[C@@H]1CN([C@@H](C)CO)C(=O)c2cc(-c3ccncc3)cnc2O[C@@H]1CN(C)S(=O)(=O)c1ccccc1. The molecule has 0 spiro atoms. The summed E-state index contributed by atoms with van der Waals surface area (Å²) >= 11 is 0. The first-order chi connectivity index (χ1) is 17.2. The van der Waals surface area contributed by atoms with Crippen LogP contribution in [-0.2, 0) is 10.0 Å². The lowest BCUT2D eigenvalue weighted by molar-refractivity contribution is 0.0373. The maximum absolute atomic E-state index is 13.6. The van der Waals surface area contributed by atoms with Crippen molar-refractivity contribution in [2.45, 2.75) is 30.9 Å². The van der Waals surface area contributed by atoms with Crippen molar-refractivity contribution in [3.8, 4) is 17.0 Å². The zero-order chi connectivity index (χ0) is 25.9. The number of aliphatic hydroxyl groups excluding tert-OH is 1. The highest BCUT2D eigenvalue weighted by Crippen LogP contribution is 2.30. The van der Waals surface area contributed by atoms with E-state index in [1.54, 1.807) is 66.8 Å². The van der Waals surface area contributed by atoms with Crippen molar-refractivity contribution in [2.75, 3.05) is 26.7 Å². The molecule has 0 aliphatic carbocycles. The van der Waals surface area contributed by atoms with Crippen LogP contribution in [0.3, 0.4) is 0 Å². The predicted molar refractivity (Wildman–Crippen MR) is 135 cm³/mol. The third-order valence-electron chi connectivity index (χ3n) is 6.42. The third-order valence-corrected chi connectivity index (χ3v) is 8.26. The number of carbonyl (C=O) groups excluding carboxylic acids is 1. The molecule has 3 aromatic rings. The summed E-state index contributed by atoms with van der Waals surface area (Å²) in [6, 6.07) is 13.1. The fourth-order valence-electron chi connectivity index (χ4n) is 4.15. The molecule has 1 aliphatic heterocycles. The van der Waals surface area contributed by atoms with E-state index in [0.29, 0.717) is 0 Å². The van der Waals surface area contributed by atoms with E-state index >= 15 is 0 Å². The number of likely N-dealkylation sites (N-methyl/N-ethyl adjacent to an activating group) is 1. The molecule has 0 radical (unpaired) electrons. The smallest absolute Gasteiger partial charge is 0.259 e. The molecule has 1 aliphatic rings. The fourth-order valence-corrected chi connectivity index (χ4v) is 5.35. The lowest BCUT2D eigenvalue weighted by Gasteiger charge is -2.37. The third kappa shape index (κ3) is 5.25. The Bertz CT molecular complexity index is 1300. The molecule has 2 aromatic heterocycles. The second-order valence-corrected chi connectivity index (χ2v) is 11.1. The Labute approximate surface area is 211 Å². The Balaban J connectivity index is 1.71. The highest BCUT2D eigenvalue weighted by molar-refractivity contribution is 7.89. The largest absolute Gasteiger partial charge is 0.472 e. The molecule has 0 unspecified atom stereocenters. The summed E-state index contributed by atoms with van der Waals surface area (Å²) in [5.41, 5.74) is 1.82. The van der Waals surface area contributed by atoms with E-state index in [4.69, 9.17) is 4.74 Å². The van der Waals surface area contributed by atoms with Crippen molar-refractivity contribution < 1.29 is 23.1 Å². The molecular weight excluding hydrogens is 480 g/mol. The number of hydrogen-bond acceptors (Lipinski definition) is 7. The Morgan fingerprint density at radius 3 is 2.53 bits per heavy atom. The van der Waals surface area contributed by atoms with Crippen LogP contribution < -0.4 is 4.74 Å². The van der Waals surface area contributed by atoms with Gasteiger partial charge in [-0.05, 0) is 42.8 Å². The van der Waals surface area contributed by atoms with E-state index < -0.39 is 22.2 Å². The van der Waals surface area contributed by atoms with Crippen molar-refractivity contribution in [1.82, 2.24) is 19.2 Å². The summed E-state index contributed by atoms with van der Waals surface area (Å²) in [4.78, 5) is 23.9. The summed E-state index contributed by atoms with van der Waals surface area (Å²) in [5, 5.41) is 9.84. The van der Waals surface area contributed by atoms with Crippen molar-refractivity contribution in [3.63, 3.8) is 0 Å². The average Bonchev–Trinajstić information content (AvgIpc) is 2.90. The first kappa shape index (κ1) is 25.7. The Morgan fingerprint density at radius 1 is 1.17 bits per heavy atom. The van der Waals surface area contributed by atoms with Gasteiger partial charge >= 0.3 is 0 Å². The monoisotopic (exact) mass is 510 g/mol. The second-order valence-electron chi connectivity index (χ2n) is 9.03. The lowest BCUT2D eigenvalue weighted by Crippen LogP contribution is -2.50. The molecule has 36 heavy (non-hydrogen) atoms. The zero-order valence-electron chi connectivity index (χ0n) is 20.5. The van der Waals surface area contributed by atoms with E-state index in [1.807, 2.05) is 19.1 Å². The molecule has 4 rings (SSSR count). The fraction of sp³-hybridized carbons (Fsp3) is 0.346. The minimum absolute atomic E-state index is 0.0567. The molecule has 0 saturated heterocycles. The number of nitrogens with zero attached hydrogens (tertiary/aromatic N) is 4. The van der Waals surface area contributed by atoms with Crippen LogP contribution >= 0.6 is 0 Å². The number of sulfonamides is 1. The van der Waals surface area contributed by atoms with Crippen LogP contribution in [0.25, 0.3) is 11.1 Å². The standard InChI is InChI=1S/C26H30N4O5S/c1-18-15-30(19(2)17-31)26(32)23-13-21(20-9-11-27-12-10-20)14-28-25(23)35-24(18)16-29(3)36(33,34)22-7-5-4-6-8-22/h4-14,18-19,24,31H,15-17H2,1-3H3/t18-,19+,24-/m1/s1. The van der Waals surface area contributed by atoms with E-state index in [1.165, 1.54) is 11.4 Å². The van der Waals surface area contributed by atoms with Gasteiger partial charge in [0.25, 0.3) is 5.91 Å². The molecule has 3 atom stereocenters. The molecule has 1 aromatic carbocycles. The van der Waals surface area contributed by atoms with Crippen molar-refractivity contribution in [1.29, 1.82) is 0 Å². The van der Waals surface area contributed by atoms with Gasteiger partial charge in [0.05, 0.1) is 24.1 Å². The summed E-state index contributed by atoms with van der Waals surface area (Å²) in [7, 11) is -2.23. The quantitative estimate of drug-likeness (QED) is 0.520. The number of ether oxygens (including phenoxy) is 1. The van der Waals surface area contributed by atoms with Crippen LogP contribution in [0.1, 0.15) is 24.2 Å². The highest BCUT2D eigenvalue weighted by atomic mass is 32.2. The normalized spacial score (nSPS) is 19.2. The first-order valence-electron chi connectivity index (χ1n) is 11.7. The Hall–Kier alpha value is -3.34. The molecule has 0 saturated carbocycles. The van der Waals surface area contributed by atoms with E-state index in [-0.39, 0.29) is 47.9 Å². The predicted octanol–water partition coefficient (Wildman–Crippen LogP) is 2.68. The molecule has 0 fully saturated rings. The summed E-state index contributed by atoms with van der Waals surface area (Å²) in [6.07, 6.45) is 4.35. The van der Waals surface area contributed by atoms with Crippen LogP contribution in [-0.4, -0.2) is 77.5 Å². The zero-order valence-corrected chi connectivity index (χ0v) is 21.3. The molecule has 9 nitrogen and oxygen atoms in total. The summed E-state index contributed by atoms with van der Waals surface area (Å²) in [5.74, 6) is -0.410. The molecule has 190 valence electrons.